The molecule has 0 amide bonds. The molecule has 0 aromatic carbocycles. The molecule has 1 aliphatic rings. The summed E-state index contributed by atoms with van der Waals surface area (Å²) in [6.45, 7) is 8.18. The summed E-state index contributed by atoms with van der Waals surface area (Å²) in [4.78, 5) is 11.3. The van der Waals surface area contributed by atoms with E-state index in [1.807, 2.05) is 0 Å². The van der Waals surface area contributed by atoms with E-state index in [9.17, 15) is 15.3 Å². The van der Waals surface area contributed by atoms with Crippen molar-refractivity contribution >= 4 is 22.5 Å². The molecule has 3 heterocycles. The summed E-state index contributed by atoms with van der Waals surface area (Å²) in [7, 11) is 0. The molecule has 5 N–H and O–H groups in total. The van der Waals surface area contributed by atoms with Gasteiger partial charge in [0.1, 0.15) is 35.6 Å². The summed E-state index contributed by atoms with van der Waals surface area (Å²) in [6, 6.07) is 0. The van der Waals surface area contributed by atoms with Crippen LogP contribution in [0.15, 0.2) is 12.5 Å². The van der Waals surface area contributed by atoms with Crippen LogP contribution in [0.1, 0.15) is 13.2 Å². The van der Waals surface area contributed by atoms with Crippen molar-refractivity contribution in [3.05, 3.63) is 23.9 Å². The van der Waals surface area contributed by atoms with Crippen molar-refractivity contribution in [2.75, 3.05) is 12.3 Å². The number of ether oxygens (including phenoxy) is 1. The molecule has 9 heteroatoms. The Bertz CT molecular complexity index is 766. The Morgan fingerprint density at radius 2 is 2.27 bits per heavy atom. The first kappa shape index (κ1) is 14.7. The van der Waals surface area contributed by atoms with Crippen molar-refractivity contribution in [1.29, 1.82) is 0 Å². The highest BCUT2D eigenvalue weighted by Crippen LogP contribution is 2.42. The van der Waals surface area contributed by atoms with E-state index in [0.29, 0.717) is 11.0 Å². The lowest BCUT2D eigenvalue weighted by molar-refractivity contribution is -0.0947. The third-order valence-corrected chi connectivity index (χ3v) is 3.93. The van der Waals surface area contributed by atoms with Gasteiger partial charge in [-0.05, 0) is 6.92 Å². The number of anilines is 1. The van der Waals surface area contributed by atoms with Gasteiger partial charge in [-0.25, -0.2) is 14.8 Å². The topological polar surface area (TPSA) is 131 Å². The quantitative estimate of drug-likeness (QED) is 0.553. The first-order valence-corrected chi connectivity index (χ1v) is 6.57. The van der Waals surface area contributed by atoms with Crippen LogP contribution >= 0.6 is 0 Å². The fourth-order valence-electron chi connectivity index (χ4n) is 2.74. The molecule has 1 aliphatic heterocycles. The van der Waals surface area contributed by atoms with Crippen molar-refractivity contribution in [2.24, 2.45) is 0 Å². The molecule has 116 valence electrons. The van der Waals surface area contributed by atoms with Gasteiger partial charge in [-0.15, -0.1) is 0 Å². The lowest BCUT2D eigenvalue weighted by Crippen LogP contribution is -2.44. The van der Waals surface area contributed by atoms with E-state index in [-0.39, 0.29) is 11.5 Å². The number of nitrogens with two attached hydrogens (primary N) is 1. The number of aliphatic hydroxyl groups is 3. The first-order valence-electron chi connectivity index (χ1n) is 6.57. The second kappa shape index (κ2) is 4.89. The predicted octanol–water partition coefficient (Wildman–Crippen LogP) is -0.434. The van der Waals surface area contributed by atoms with Crippen LogP contribution in [0.3, 0.4) is 0 Å². The van der Waals surface area contributed by atoms with Gasteiger partial charge in [0.25, 0.3) is 0 Å². The zero-order valence-corrected chi connectivity index (χ0v) is 11.7. The van der Waals surface area contributed by atoms with Gasteiger partial charge < -0.3 is 30.4 Å². The molecule has 0 spiro atoms. The van der Waals surface area contributed by atoms with Gasteiger partial charge in [0.05, 0.1) is 18.6 Å². The molecule has 0 aliphatic carbocycles. The highest BCUT2D eigenvalue weighted by molar-refractivity contribution is 5.98. The fraction of sp³-hybridized carbons (Fsp3) is 0.462. The highest BCUT2D eigenvalue weighted by Gasteiger charge is 2.53. The van der Waals surface area contributed by atoms with E-state index in [0.717, 1.165) is 0 Å². The molecule has 3 rings (SSSR count). The molecule has 0 saturated carbocycles. The number of fused-ring (bicyclic) bond motifs is 1. The molecule has 0 radical (unpaired) electrons. The van der Waals surface area contributed by atoms with E-state index in [1.165, 1.54) is 24.0 Å². The van der Waals surface area contributed by atoms with Crippen LogP contribution in [0, 0.1) is 6.57 Å². The largest absolute Gasteiger partial charge is 0.394 e. The number of nitrogens with zero attached hydrogens (tertiary/aromatic N) is 4. The second-order valence-electron chi connectivity index (χ2n) is 5.37. The van der Waals surface area contributed by atoms with Crippen LogP contribution in [-0.2, 0) is 4.74 Å². The summed E-state index contributed by atoms with van der Waals surface area (Å²) in [5, 5.41) is 30.2. The van der Waals surface area contributed by atoms with Crippen molar-refractivity contribution in [1.82, 2.24) is 14.5 Å². The average molecular weight is 305 g/mol. The van der Waals surface area contributed by atoms with Crippen LogP contribution in [0.25, 0.3) is 15.9 Å². The molecule has 1 saturated heterocycles. The lowest BCUT2D eigenvalue weighted by Gasteiger charge is -2.27. The normalized spacial score (nSPS) is 31.5. The molecule has 9 nitrogen and oxygen atoms in total. The molecule has 22 heavy (non-hydrogen) atoms. The fourth-order valence-corrected chi connectivity index (χ4v) is 2.74. The zero-order valence-electron chi connectivity index (χ0n) is 11.7. The second-order valence-corrected chi connectivity index (χ2v) is 5.37. The number of hydrogen-bond acceptors (Lipinski definition) is 7. The van der Waals surface area contributed by atoms with Gasteiger partial charge in [-0.1, -0.05) is 0 Å². The predicted molar refractivity (Wildman–Crippen MR) is 75.8 cm³/mol. The monoisotopic (exact) mass is 305 g/mol. The Balaban J connectivity index is 2.20. The van der Waals surface area contributed by atoms with E-state index < -0.39 is 30.6 Å². The Morgan fingerprint density at radius 1 is 1.55 bits per heavy atom. The van der Waals surface area contributed by atoms with Crippen LogP contribution in [0.2, 0.25) is 0 Å². The van der Waals surface area contributed by atoms with E-state index >= 15 is 0 Å². The Kier molecular flexibility index (Phi) is 3.26. The highest BCUT2D eigenvalue weighted by atomic mass is 16.6. The van der Waals surface area contributed by atoms with Gasteiger partial charge in [-0.3, -0.25) is 0 Å². The first-order chi connectivity index (χ1) is 10.4. The van der Waals surface area contributed by atoms with Gasteiger partial charge in [-0.2, -0.15) is 0 Å². The van der Waals surface area contributed by atoms with Crippen molar-refractivity contribution in [3.8, 4) is 0 Å². The zero-order chi connectivity index (χ0) is 16.1. The Labute approximate surface area is 125 Å². The molecule has 1 fully saturated rings. The van der Waals surface area contributed by atoms with E-state index in [2.05, 4.69) is 14.8 Å². The smallest absolute Gasteiger partial charge is 0.217 e. The standard InChI is InChI=1S/C13H15N5O4/c1-13(21)9(20)7(4-19)22-12(13)18-3-6(15-2)8-10(14)16-5-17-11(8)18/h3,5,7,9,12,19-21H,4H2,1H3,(H2,14,16,17). The van der Waals surface area contributed by atoms with Crippen LogP contribution in [0.4, 0.5) is 11.5 Å². The Morgan fingerprint density at radius 3 is 2.86 bits per heavy atom. The van der Waals surface area contributed by atoms with Gasteiger partial charge in [0.15, 0.2) is 6.23 Å². The number of hydrogen-bond donors (Lipinski definition) is 4. The van der Waals surface area contributed by atoms with Gasteiger partial charge in [0, 0.05) is 6.20 Å². The van der Waals surface area contributed by atoms with Gasteiger partial charge >= 0.3 is 0 Å². The SMILES string of the molecule is [C-]#[N+]c1cn(C2OC(CO)C(O)C2(C)O)c2ncnc(N)c12. The third kappa shape index (κ3) is 1.86. The minimum atomic E-state index is -1.67. The maximum absolute atomic E-state index is 10.5. The van der Waals surface area contributed by atoms with Crippen molar-refractivity contribution in [3.63, 3.8) is 0 Å². The number of nitrogen functional groups attached to an aromatic ring is 1. The number of aromatic nitrogens is 3. The molecular formula is C13H15N5O4. The van der Waals surface area contributed by atoms with Crippen LogP contribution < -0.4 is 5.73 Å². The minimum absolute atomic E-state index is 0.145. The number of aliphatic hydroxyl groups excluding tert-OH is 2. The summed E-state index contributed by atoms with van der Waals surface area (Å²) in [6.07, 6.45) is -0.560. The lowest BCUT2D eigenvalue weighted by atomic mass is 9.96. The third-order valence-electron chi connectivity index (χ3n) is 3.93. The average Bonchev–Trinajstić information content (AvgIpc) is 2.97. The molecule has 0 bridgehead atoms. The van der Waals surface area contributed by atoms with Crippen molar-refractivity contribution < 1.29 is 20.1 Å². The summed E-state index contributed by atoms with van der Waals surface area (Å²) in [5.74, 6) is 0.145. The summed E-state index contributed by atoms with van der Waals surface area (Å²) in [5.41, 5.74) is 4.66. The Hall–Kier alpha value is -2.25. The minimum Gasteiger partial charge on any atom is -0.394 e. The van der Waals surface area contributed by atoms with E-state index in [4.69, 9.17) is 17.0 Å². The maximum Gasteiger partial charge on any atom is 0.217 e. The molecule has 2 aromatic heterocycles. The summed E-state index contributed by atoms with van der Waals surface area (Å²) < 4.78 is 6.97. The van der Waals surface area contributed by atoms with Crippen LogP contribution in [-0.4, -0.2) is 54.3 Å². The van der Waals surface area contributed by atoms with Crippen LogP contribution in [0.5, 0.6) is 0 Å². The molecular weight excluding hydrogens is 290 g/mol. The summed E-state index contributed by atoms with van der Waals surface area (Å²) >= 11 is 0. The van der Waals surface area contributed by atoms with Crippen molar-refractivity contribution in [2.45, 2.75) is 31.0 Å². The molecule has 2 aromatic rings. The number of rotatable bonds is 2. The van der Waals surface area contributed by atoms with Gasteiger partial charge in [0.2, 0.25) is 5.69 Å². The maximum atomic E-state index is 10.5. The molecule has 4 unspecified atom stereocenters. The molecule has 4 atom stereocenters. The van der Waals surface area contributed by atoms with E-state index in [1.54, 1.807) is 0 Å².